The van der Waals surface area contributed by atoms with Gasteiger partial charge in [0.15, 0.2) is 9.77 Å². The Hall–Kier alpha value is -2.98. The van der Waals surface area contributed by atoms with Crippen LogP contribution >= 0.6 is 0 Å². The van der Waals surface area contributed by atoms with E-state index in [1.807, 2.05) is 31.2 Å². The predicted octanol–water partition coefficient (Wildman–Crippen LogP) is 2.95. The van der Waals surface area contributed by atoms with E-state index in [1.54, 1.807) is 6.07 Å². The summed E-state index contributed by atoms with van der Waals surface area (Å²) in [5, 5.41) is 2.87. The molecule has 2 heterocycles. The maximum Gasteiger partial charge on any atom is 0.327 e. The van der Waals surface area contributed by atoms with E-state index in [0.29, 0.717) is 25.3 Å². The molecular formula is C26H33N3O6S. The van der Waals surface area contributed by atoms with Crippen molar-refractivity contribution in [1.29, 1.82) is 0 Å². The van der Waals surface area contributed by atoms with Gasteiger partial charge in [-0.25, -0.2) is 13.4 Å². The molecule has 1 aliphatic heterocycles. The van der Waals surface area contributed by atoms with Gasteiger partial charge in [0, 0.05) is 12.2 Å². The standard InChI is InChI=1S/C26H33N3O6S/c1-4-25(20-8-6-7-9-21(20)28-23(25)30)14-15-29(5-2)16-17-35-19-10-11-22(27-18-19)36(32,33)26(12-13-26)24(31)34-3/h6-11,18H,4-5,12-17H2,1-3H3,(H,28,30). The molecule has 1 saturated carbocycles. The maximum absolute atomic E-state index is 12.9. The van der Waals surface area contributed by atoms with Crippen molar-refractivity contribution in [3.8, 4) is 5.75 Å². The number of para-hydroxylation sites is 1. The number of anilines is 1. The molecular weight excluding hydrogens is 482 g/mol. The summed E-state index contributed by atoms with van der Waals surface area (Å²) >= 11 is 0. The maximum atomic E-state index is 12.9. The van der Waals surface area contributed by atoms with Crippen molar-refractivity contribution in [2.75, 3.05) is 38.7 Å². The highest BCUT2D eigenvalue weighted by Crippen LogP contribution is 2.47. The van der Waals surface area contributed by atoms with Crippen LogP contribution < -0.4 is 10.1 Å². The third-order valence-corrected chi connectivity index (χ3v) is 9.86. The van der Waals surface area contributed by atoms with Crippen molar-refractivity contribution < 1.29 is 27.5 Å². The second-order valence-corrected chi connectivity index (χ2v) is 11.5. The molecule has 1 N–H and O–H groups in total. The number of ether oxygens (including phenoxy) is 2. The van der Waals surface area contributed by atoms with Crippen LogP contribution in [0, 0.1) is 0 Å². The predicted molar refractivity (Wildman–Crippen MR) is 135 cm³/mol. The number of rotatable bonds is 12. The van der Waals surface area contributed by atoms with Gasteiger partial charge in [0.05, 0.1) is 18.7 Å². The van der Waals surface area contributed by atoms with Gasteiger partial charge in [0.25, 0.3) is 0 Å². The fourth-order valence-corrected chi connectivity index (χ4v) is 6.69. The molecule has 36 heavy (non-hydrogen) atoms. The molecule has 0 radical (unpaired) electrons. The summed E-state index contributed by atoms with van der Waals surface area (Å²) in [5.41, 5.74) is 1.43. The number of sulfone groups is 1. The van der Waals surface area contributed by atoms with Crippen LogP contribution in [0.25, 0.3) is 0 Å². The average Bonchev–Trinajstić information content (AvgIpc) is 3.67. The summed E-state index contributed by atoms with van der Waals surface area (Å²) in [6.45, 7) is 6.68. The third-order valence-electron chi connectivity index (χ3n) is 7.47. The average molecular weight is 516 g/mol. The molecule has 4 rings (SSSR count). The van der Waals surface area contributed by atoms with Gasteiger partial charge in [-0.15, -0.1) is 0 Å². The fraction of sp³-hybridized carbons (Fsp3) is 0.500. The Morgan fingerprint density at radius 3 is 2.50 bits per heavy atom. The highest BCUT2D eigenvalue weighted by Gasteiger charge is 2.63. The summed E-state index contributed by atoms with van der Waals surface area (Å²) in [6.07, 6.45) is 3.27. The molecule has 1 fully saturated rings. The molecule has 194 valence electrons. The minimum Gasteiger partial charge on any atom is -0.491 e. The first-order valence-corrected chi connectivity index (χ1v) is 13.8. The number of pyridine rings is 1. The molecule has 1 aromatic heterocycles. The Kier molecular flexibility index (Phi) is 7.38. The fourth-order valence-electron chi connectivity index (χ4n) is 4.91. The molecule has 1 aromatic carbocycles. The Labute approximate surface area is 212 Å². The minimum absolute atomic E-state index is 0.0554. The number of amides is 1. The number of fused-ring (bicyclic) bond motifs is 1. The quantitative estimate of drug-likeness (QED) is 0.429. The number of likely N-dealkylation sites (N-methyl/N-ethyl adjacent to an activating group) is 1. The SMILES string of the molecule is CCN(CCOc1ccc(S(=O)(=O)C2(C(=O)OC)CC2)nc1)CCC1(CC)C(=O)Nc2ccccc21. The van der Waals surface area contributed by atoms with Crippen LogP contribution in [0.1, 0.15) is 45.1 Å². The van der Waals surface area contributed by atoms with Crippen molar-refractivity contribution >= 4 is 27.4 Å². The first kappa shape index (κ1) is 26.1. The van der Waals surface area contributed by atoms with Gasteiger partial charge in [0.1, 0.15) is 12.4 Å². The summed E-state index contributed by atoms with van der Waals surface area (Å²) < 4.78 is 34.7. The van der Waals surface area contributed by atoms with E-state index in [2.05, 4.69) is 26.9 Å². The van der Waals surface area contributed by atoms with Crippen LogP contribution in [0.15, 0.2) is 47.6 Å². The molecule has 2 aromatic rings. The number of methoxy groups -OCH3 is 1. The van der Waals surface area contributed by atoms with Gasteiger partial charge >= 0.3 is 5.97 Å². The first-order chi connectivity index (χ1) is 17.2. The lowest BCUT2D eigenvalue weighted by atomic mass is 9.76. The number of carbonyl (C=O) groups is 2. The van der Waals surface area contributed by atoms with Crippen LogP contribution in [0.4, 0.5) is 5.69 Å². The van der Waals surface area contributed by atoms with E-state index < -0.39 is 26.0 Å². The van der Waals surface area contributed by atoms with Crippen LogP contribution in [0.2, 0.25) is 0 Å². The van der Waals surface area contributed by atoms with Crippen molar-refractivity contribution in [3.05, 3.63) is 48.2 Å². The lowest BCUT2D eigenvalue weighted by molar-refractivity contribution is -0.141. The normalized spacial score (nSPS) is 20.1. The van der Waals surface area contributed by atoms with Gasteiger partial charge in [-0.05, 0) is 62.5 Å². The van der Waals surface area contributed by atoms with Gasteiger partial charge in [0.2, 0.25) is 15.7 Å². The smallest absolute Gasteiger partial charge is 0.327 e. The van der Waals surface area contributed by atoms with Crippen LogP contribution in [0.3, 0.4) is 0 Å². The van der Waals surface area contributed by atoms with E-state index in [4.69, 9.17) is 4.74 Å². The van der Waals surface area contributed by atoms with E-state index in [-0.39, 0.29) is 23.8 Å². The number of benzene rings is 1. The largest absolute Gasteiger partial charge is 0.491 e. The van der Waals surface area contributed by atoms with E-state index >= 15 is 0 Å². The zero-order valence-electron chi connectivity index (χ0n) is 21.0. The van der Waals surface area contributed by atoms with Gasteiger partial charge in [-0.2, -0.15) is 0 Å². The summed E-state index contributed by atoms with van der Waals surface area (Å²) in [4.78, 5) is 31.1. The molecule has 0 bridgehead atoms. The molecule has 10 heteroatoms. The number of hydrogen-bond donors (Lipinski definition) is 1. The number of aromatic nitrogens is 1. The van der Waals surface area contributed by atoms with E-state index in [9.17, 15) is 18.0 Å². The Balaban J connectivity index is 1.33. The van der Waals surface area contributed by atoms with Gasteiger partial charge in [-0.3, -0.25) is 9.59 Å². The summed E-state index contributed by atoms with van der Waals surface area (Å²) in [6, 6.07) is 10.8. The van der Waals surface area contributed by atoms with Gasteiger partial charge < -0.3 is 19.7 Å². The van der Waals surface area contributed by atoms with Crippen molar-refractivity contribution in [3.63, 3.8) is 0 Å². The molecule has 1 amide bonds. The van der Waals surface area contributed by atoms with Crippen LogP contribution in [-0.4, -0.2) is 68.3 Å². The molecule has 1 atom stereocenters. The number of nitrogens with zero attached hydrogens (tertiary/aromatic N) is 2. The van der Waals surface area contributed by atoms with Crippen molar-refractivity contribution in [1.82, 2.24) is 9.88 Å². The monoisotopic (exact) mass is 515 g/mol. The van der Waals surface area contributed by atoms with Crippen molar-refractivity contribution in [2.24, 2.45) is 0 Å². The lowest BCUT2D eigenvalue weighted by Gasteiger charge is -2.29. The second kappa shape index (κ2) is 10.2. The highest BCUT2D eigenvalue weighted by molar-refractivity contribution is 7.93. The molecule has 2 aliphatic rings. The summed E-state index contributed by atoms with van der Waals surface area (Å²) in [7, 11) is -2.74. The lowest BCUT2D eigenvalue weighted by Crippen LogP contribution is -2.39. The molecule has 9 nitrogen and oxygen atoms in total. The Morgan fingerprint density at radius 2 is 1.89 bits per heavy atom. The first-order valence-electron chi connectivity index (χ1n) is 12.3. The third kappa shape index (κ3) is 4.48. The second-order valence-electron chi connectivity index (χ2n) is 9.29. The summed E-state index contributed by atoms with van der Waals surface area (Å²) in [5.74, 6) is -0.241. The zero-order chi connectivity index (χ0) is 26.0. The molecule has 1 unspecified atom stereocenters. The number of hydrogen-bond acceptors (Lipinski definition) is 8. The zero-order valence-corrected chi connectivity index (χ0v) is 21.8. The Morgan fingerprint density at radius 1 is 1.14 bits per heavy atom. The number of esters is 1. The van der Waals surface area contributed by atoms with Crippen molar-refractivity contribution in [2.45, 2.75) is 54.7 Å². The number of carbonyl (C=O) groups excluding carboxylic acids is 2. The van der Waals surface area contributed by atoms with Crippen LogP contribution in [0.5, 0.6) is 5.75 Å². The highest BCUT2D eigenvalue weighted by atomic mass is 32.2. The van der Waals surface area contributed by atoms with Crippen LogP contribution in [-0.2, 0) is 29.6 Å². The molecule has 0 spiro atoms. The van der Waals surface area contributed by atoms with E-state index in [0.717, 1.165) is 30.8 Å². The Bertz CT molecular complexity index is 1230. The molecule has 1 aliphatic carbocycles. The topological polar surface area (TPSA) is 115 Å². The number of nitrogens with one attached hydrogen (secondary N) is 1. The van der Waals surface area contributed by atoms with Gasteiger partial charge in [-0.1, -0.05) is 32.0 Å². The van der Waals surface area contributed by atoms with E-state index in [1.165, 1.54) is 19.4 Å². The molecule has 0 saturated heterocycles. The minimum atomic E-state index is -3.93.